The maximum absolute atomic E-state index is 11.9. The van der Waals surface area contributed by atoms with Gasteiger partial charge in [-0.05, 0) is 28.9 Å². The fourth-order valence-electron chi connectivity index (χ4n) is 1.72. The van der Waals surface area contributed by atoms with Crippen LogP contribution in [0.1, 0.15) is 5.69 Å². The Bertz CT molecular complexity index is 688. The summed E-state index contributed by atoms with van der Waals surface area (Å²) in [4.78, 5) is 27.1. The van der Waals surface area contributed by atoms with Gasteiger partial charge >= 0.3 is 11.8 Å². The summed E-state index contributed by atoms with van der Waals surface area (Å²) in [7, 11) is 0. The molecule has 2 aromatic heterocycles. The second kappa shape index (κ2) is 4.54. The van der Waals surface area contributed by atoms with E-state index < -0.39 is 11.8 Å². The van der Waals surface area contributed by atoms with Gasteiger partial charge in [-0.1, -0.05) is 0 Å². The number of rotatable bonds is 2. The number of nitrogens with zero attached hydrogens (tertiary/aromatic N) is 3. The summed E-state index contributed by atoms with van der Waals surface area (Å²) in [5, 5.41) is 18.0. The molecule has 0 saturated heterocycles. The van der Waals surface area contributed by atoms with E-state index in [4.69, 9.17) is 10.2 Å². The second-order valence-electron chi connectivity index (χ2n) is 3.67. The van der Waals surface area contributed by atoms with Gasteiger partial charge in [0.05, 0.1) is 24.4 Å². The molecule has 18 heavy (non-hydrogen) atoms. The van der Waals surface area contributed by atoms with Crippen LogP contribution in [-0.4, -0.2) is 37.0 Å². The molecule has 0 amide bonds. The first-order valence-corrected chi connectivity index (χ1v) is 5.89. The number of hydrogen-bond acceptors (Lipinski definition) is 4. The van der Waals surface area contributed by atoms with Crippen molar-refractivity contribution >= 4 is 33.2 Å². The predicted octanol–water partition coefficient (Wildman–Crippen LogP) is 0.787. The van der Waals surface area contributed by atoms with Crippen LogP contribution in [0.25, 0.3) is 11.2 Å². The Kier molecular flexibility index (Phi) is 3.22. The number of aryl methyl sites for hydroxylation is 1. The van der Waals surface area contributed by atoms with Gasteiger partial charge in [-0.25, -0.2) is 14.6 Å². The van der Waals surface area contributed by atoms with Crippen molar-refractivity contribution in [1.29, 1.82) is 0 Å². The molecule has 96 valence electrons. The Morgan fingerprint density at radius 3 is 2.78 bits per heavy atom. The van der Waals surface area contributed by atoms with Crippen molar-refractivity contribution in [2.75, 3.05) is 6.61 Å². The summed E-state index contributed by atoms with van der Waals surface area (Å²) in [6.07, 6.45) is -1.39. The van der Waals surface area contributed by atoms with Crippen LogP contribution in [0.15, 0.2) is 15.3 Å². The number of carbonyl (C=O) groups is 1. The van der Waals surface area contributed by atoms with Gasteiger partial charge in [0.25, 0.3) is 0 Å². The molecule has 2 aromatic rings. The first kappa shape index (κ1) is 12.8. The van der Waals surface area contributed by atoms with Crippen molar-refractivity contribution < 1.29 is 15.0 Å². The number of hydrogen-bond donors (Lipinski definition) is 2. The smallest absolute Gasteiger partial charge is 0.421 e. The summed E-state index contributed by atoms with van der Waals surface area (Å²) >= 11 is 3.28. The third kappa shape index (κ3) is 1.83. The standard InChI is InChI=1S/C10H10BrN3O4/c1-5-6(11)4-7-8(12-5)14(10(17)18)9(16)13(7)2-3-15/h4,15H,2-3H2,1H3,(H,17,18). The quantitative estimate of drug-likeness (QED) is 0.853. The largest absolute Gasteiger partial charge is 0.464 e. The van der Waals surface area contributed by atoms with Gasteiger partial charge in [0, 0.05) is 4.47 Å². The van der Waals surface area contributed by atoms with Crippen LogP contribution >= 0.6 is 15.9 Å². The number of pyridine rings is 1. The maximum atomic E-state index is 11.9. The van der Waals surface area contributed by atoms with Crippen molar-refractivity contribution in [3.05, 3.63) is 26.7 Å². The third-order valence-electron chi connectivity index (χ3n) is 2.55. The highest BCUT2D eigenvalue weighted by atomic mass is 79.9. The van der Waals surface area contributed by atoms with E-state index in [1.165, 1.54) is 4.57 Å². The molecule has 0 aliphatic carbocycles. The van der Waals surface area contributed by atoms with E-state index in [0.717, 1.165) is 0 Å². The lowest BCUT2D eigenvalue weighted by Crippen LogP contribution is -2.29. The number of halogens is 1. The predicted molar refractivity (Wildman–Crippen MR) is 66.9 cm³/mol. The van der Waals surface area contributed by atoms with E-state index in [1.54, 1.807) is 13.0 Å². The van der Waals surface area contributed by atoms with Crippen LogP contribution in [0.3, 0.4) is 0 Å². The van der Waals surface area contributed by atoms with Gasteiger partial charge in [-0.15, -0.1) is 0 Å². The number of aliphatic hydroxyl groups excluding tert-OH is 1. The molecule has 0 aliphatic heterocycles. The minimum Gasteiger partial charge on any atom is -0.464 e. The number of carboxylic acid groups (broad SMARTS) is 1. The van der Waals surface area contributed by atoms with Crippen LogP contribution in [0.5, 0.6) is 0 Å². The Morgan fingerprint density at radius 1 is 1.56 bits per heavy atom. The van der Waals surface area contributed by atoms with Crippen molar-refractivity contribution in [2.24, 2.45) is 0 Å². The van der Waals surface area contributed by atoms with Crippen LogP contribution in [0, 0.1) is 6.92 Å². The minimum atomic E-state index is -1.39. The van der Waals surface area contributed by atoms with E-state index in [-0.39, 0.29) is 18.8 Å². The highest BCUT2D eigenvalue weighted by Crippen LogP contribution is 2.20. The highest BCUT2D eigenvalue weighted by molar-refractivity contribution is 9.10. The maximum Gasteiger partial charge on any atom is 0.421 e. The SMILES string of the molecule is Cc1nc2c(cc1Br)n(CCO)c(=O)n2C(=O)O. The molecule has 0 unspecified atom stereocenters. The minimum absolute atomic E-state index is 0.0206. The fraction of sp³-hybridized carbons (Fsp3) is 0.300. The van der Waals surface area contributed by atoms with Crippen molar-refractivity contribution in [3.63, 3.8) is 0 Å². The normalized spacial score (nSPS) is 11.1. The molecular weight excluding hydrogens is 306 g/mol. The van der Waals surface area contributed by atoms with Crippen molar-refractivity contribution in [2.45, 2.75) is 13.5 Å². The molecule has 2 N–H and O–H groups in total. The van der Waals surface area contributed by atoms with E-state index in [1.807, 2.05) is 0 Å². The molecule has 2 heterocycles. The zero-order valence-corrected chi connectivity index (χ0v) is 11.0. The highest BCUT2D eigenvalue weighted by Gasteiger charge is 2.19. The molecule has 0 bridgehead atoms. The molecule has 8 heteroatoms. The van der Waals surface area contributed by atoms with E-state index in [9.17, 15) is 9.59 Å². The summed E-state index contributed by atoms with van der Waals surface area (Å²) in [5.41, 5.74) is 0.297. The van der Waals surface area contributed by atoms with Crippen LogP contribution in [-0.2, 0) is 6.54 Å². The Balaban J connectivity index is 2.92. The lowest BCUT2D eigenvalue weighted by molar-refractivity contribution is 0.195. The number of fused-ring (bicyclic) bond motifs is 1. The van der Waals surface area contributed by atoms with Gasteiger partial charge in [0.15, 0.2) is 5.65 Å². The Hall–Kier alpha value is -1.67. The van der Waals surface area contributed by atoms with Gasteiger partial charge in [0.2, 0.25) is 0 Å². The third-order valence-corrected chi connectivity index (χ3v) is 3.35. The van der Waals surface area contributed by atoms with Crippen LogP contribution in [0.2, 0.25) is 0 Å². The van der Waals surface area contributed by atoms with Crippen LogP contribution in [0.4, 0.5) is 4.79 Å². The molecule has 0 radical (unpaired) electrons. The number of imidazole rings is 1. The average molecular weight is 316 g/mol. The van der Waals surface area contributed by atoms with Crippen molar-refractivity contribution in [3.8, 4) is 0 Å². The molecule has 0 saturated carbocycles. The van der Waals surface area contributed by atoms with Gasteiger partial charge in [-0.3, -0.25) is 4.57 Å². The summed E-state index contributed by atoms with van der Waals surface area (Å²) < 4.78 is 2.43. The molecule has 7 nitrogen and oxygen atoms in total. The Morgan fingerprint density at radius 2 is 2.22 bits per heavy atom. The Labute approximate surface area is 109 Å². The lowest BCUT2D eigenvalue weighted by atomic mass is 10.3. The molecule has 0 aromatic carbocycles. The molecule has 0 atom stereocenters. The van der Waals surface area contributed by atoms with Gasteiger partial charge in [-0.2, -0.15) is 4.57 Å². The van der Waals surface area contributed by atoms with E-state index in [0.29, 0.717) is 20.3 Å². The zero-order chi connectivity index (χ0) is 13.4. The fourth-order valence-corrected chi connectivity index (χ4v) is 2.03. The second-order valence-corrected chi connectivity index (χ2v) is 4.53. The van der Waals surface area contributed by atoms with E-state index in [2.05, 4.69) is 20.9 Å². The van der Waals surface area contributed by atoms with Gasteiger partial charge < -0.3 is 10.2 Å². The summed E-state index contributed by atoms with van der Waals surface area (Å²) in [6.45, 7) is 1.46. The molecular formula is C10H10BrN3O4. The van der Waals surface area contributed by atoms with Crippen molar-refractivity contribution in [1.82, 2.24) is 14.1 Å². The average Bonchev–Trinajstić information content (AvgIpc) is 2.54. The summed E-state index contributed by atoms with van der Waals surface area (Å²) in [6, 6.07) is 1.62. The van der Waals surface area contributed by atoms with Crippen LogP contribution < -0.4 is 5.69 Å². The molecule has 0 fully saturated rings. The monoisotopic (exact) mass is 315 g/mol. The zero-order valence-electron chi connectivity index (χ0n) is 9.42. The first-order valence-electron chi connectivity index (χ1n) is 5.10. The molecule has 0 spiro atoms. The summed E-state index contributed by atoms with van der Waals surface area (Å²) in [5.74, 6) is 0. The topological polar surface area (TPSA) is 97.4 Å². The molecule has 0 aliphatic rings. The van der Waals surface area contributed by atoms with E-state index >= 15 is 0 Å². The first-order chi connectivity index (χ1) is 8.47. The lowest BCUT2D eigenvalue weighted by Gasteiger charge is -2.01. The molecule has 2 rings (SSSR count). The van der Waals surface area contributed by atoms with Gasteiger partial charge in [0.1, 0.15) is 0 Å². The number of aromatic nitrogens is 3. The number of aliphatic hydroxyl groups is 1.